The van der Waals surface area contributed by atoms with Crippen molar-refractivity contribution in [3.63, 3.8) is 0 Å². The largest absolute Gasteiger partial charge is 0.390 e. The van der Waals surface area contributed by atoms with Gasteiger partial charge in [-0.25, -0.2) is 0 Å². The lowest BCUT2D eigenvalue weighted by atomic mass is 10.0. The van der Waals surface area contributed by atoms with Crippen LogP contribution >= 0.6 is 0 Å². The van der Waals surface area contributed by atoms with Gasteiger partial charge in [0.05, 0.1) is 12.1 Å². The molecule has 0 aromatic heterocycles. The first-order chi connectivity index (χ1) is 11.2. The van der Waals surface area contributed by atoms with Gasteiger partial charge in [-0.1, -0.05) is 49.4 Å². The third-order valence-electron chi connectivity index (χ3n) is 4.63. The molecule has 3 nitrogen and oxygen atoms in total. The lowest BCUT2D eigenvalue weighted by molar-refractivity contribution is 0.0562. The van der Waals surface area contributed by atoms with Crippen LogP contribution < -0.4 is 5.32 Å². The Morgan fingerprint density at radius 3 is 2.43 bits per heavy atom. The van der Waals surface area contributed by atoms with E-state index in [1.807, 2.05) is 6.07 Å². The fourth-order valence-corrected chi connectivity index (χ4v) is 3.20. The topological polar surface area (TPSA) is 35.5 Å². The average Bonchev–Trinajstić information content (AvgIpc) is 2.59. The van der Waals surface area contributed by atoms with Gasteiger partial charge in [-0.05, 0) is 36.1 Å². The maximum atomic E-state index is 10.5. The van der Waals surface area contributed by atoms with Crippen molar-refractivity contribution in [3.8, 4) is 0 Å². The van der Waals surface area contributed by atoms with Crippen molar-refractivity contribution in [3.05, 3.63) is 65.7 Å². The van der Waals surface area contributed by atoms with Gasteiger partial charge in [0.1, 0.15) is 0 Å². The van der Waals surface area contributed by atoms with Crippen molar-refractivity contribution in [2.75, 3.05) is 18.4 Å². The summed E-state index contributed by atoms with van der Waals surface area (Å²) in [5.74, 6) is 0. The Balaban J connectivity index is 1.53. The van der Waals surface area contributed by atoms with Crippen LogP contribution in [0.2, 0.25) is 0 Å². The monoisotopic (exact) mass is 310 g/mol. The van der Waals surface area contributed by atoms with Crippen LogP contribution in [0, 0.1) is 0 Å². The van der Waals surface area contributed by atoms with Crippen molar-refractivity contribution in [1.29, 1.82) is 0 Å². The number of nitrogens with zero attached hydrogens (tertiary/aromatic N) is 1. The van der Waals surface area contributed by atoms with E-state index in [0.29, 0.717) is 0 Å². The Morgan fingerprint density at radius 2 is 1.78 bits per heavy atom. The first-order valence-corrected chi connectivity index (χ1v) is 8.54. The molecule has 0 amide bonds. The van der Waals surface area contributed by atoms with E-state index < -0.39 is 0 Å². The summed E-state index contributed by atoms with van der Waals surface area (Å²) in [7, 11) is 0. The van der Waals surface area contributed by atoms with Gasteiger partial charge in [0.15, 0.2) is 0 Å². The molecule has 0 radical (unpaired) electrons. The van der Waals surface area contributed by atoms with Gasteiger partial charge in [0.25, 0.3) is 0 Å². The summed E-state index contributed by atoms with van der Waals surface area (Å²) in [6.45, 7) is 4.81. The zero-order valence-electron chi connectivity index (χ0n) is 13.8. The predicted octanol–water partition coefficient (Wildman–Crippen LogP) is 3.30. The molecule has 2 aromatic carbocycles. The van der Waals surface area contributed by atoms with E-state index in [0.717, 1.165) is 38.2 Å². The summed E-state index contributed by atoms with van der Waals surface area (Å²) in [6, 6.07) is 19.1. The van der Waals surface area contributed by atoms with Gasteiger partial charge in [-0.2, -0.15) is 0 Å². The number of piperidine rings is 1. The molecule has 1 saturated heterocycles. The maximum absolute atomic E-state index is 10.5. The average molecular weight is 310 g/mol. The minimum Gasteiger partial charge on any atom is -0.390 e. The molecule has 2 atom stereocenters. The summed E-state index contributed by atoms with van der Waals surface area (Å²) in [5.41, 5.74) is 3.75. The molecule has 1 heterocycles. The van der Waals surface area contributed by atoms with Crippen LogP contribution in [0.5, 0.6) is 0 Å². The molecule has 0 unspecified atom stereocenters. The van der Waals surface area contributed by atoms with Gasteiger partial charge >= 0.3 is 0 Å². The molecule has 2 N–H and O–H groups in total. The molecular formula is C20H26N2O. The van der Waals surface area contributed by atoms with Crippen LogP contribution in [0.3, 0.4) is 0 Å². The Morgan fingerprint density at radius 1 is 1.04 bits per heavy atom. The molecule has 23 heavy (non-hydrogen) atoms. The third kappa shape index (κ3) is 4.34. The fourth-order valence-electron chi connectivity index (χ4n) is 3.20. The number of anilines is 1. The van der Waals surface area contributed by atoms with Gasteiger partial charge in [-0.15, -0.1) is 0 Å². The number of aliphatic hydroxyl groups is 1. The Bertz CT molecular complexity index is 597. The highest BCUT2D eigenvalue weighted by Crippen LogP contribution is 2.19. The number of hydrogen-bond acceptors (Lipinski definition) is 3. The second-order valence-corrected chi connectivity index (χ2v) is 6.38. The Labute approximate surface area is 139 Å². The second-order valence-electron chi connectivity index (χ2n) is 6.38. The summed E-state index contributed by atoms with van der Waals surface area (Å²) in [6.07, 6.45) is 1.68. The number of β-amino-alcohol motifs (C(OH)–C–C–N with tert-alkyl or cyclic N) is 1. The van der Waals surface area contributed by atoms with Crippen molar-refractivity contribution in [2.24, 2.45) is 0 Å². The predicted molar refractivity (Wildman–Crippen MR) is 95.6 cm³/mol. The smallest absolute Gasteiger partial charge is 0.0868 e. The molecule has 1 fully saturated rings. The van der Waals surface area contributed by atoms with Crippen molar-refractivity contribution < 1.29 is 5.11 Å². The third-order valence-corrected chi connectivity index (χ3v) is 4.63. The highest BCUT2D eigenvalue weighted by Gasteiger charge is 2.27. The Hall–Kier alpha value is -1.84. The molecule has 0 spiro atoms. The molecule has 0 saturated carbocycles. The van der Waals surface area contributed by atoms with Gasteiger partial charge in [0, 0.05) is 25.3 Å². The minimum absolute atomic E-state index is 0.134. The highest BCUT2D eigenvalue weighted by atomic mass is 16.3. The molecule has 3 rings (SSSR count). The number of likely N-dealkylation sites (tertiary alicyclic amines) is 1. The van der Waals surface area contributed by atoms with Crippen LogP contribution in [0.1, 0.15) is 24.5 Å². The van der Waals surface area contributed by atoms with E-state index in [4.69, 9.17) is 0 Å². The fraction of sp³-hybridized carbons (Fsp3) is 0.400. The van der Waals surface area contributed by atoms with E-state index in [9.17, 15) is 5.11 Å². The number of aryl methyl sites for hydroxylation is 1. The summed E-state index contributed by atoms with van der Waals surface area (Å²) in [5, 5.41) is 14.0. The molecule has 3 heteroatoms. The van der Waals surface area contributed by atoms with Gasteiger partial charge in [-0.3, -0.25) is 4.90 Å². The maximum Gasteiger partial charge on any atom is 0.0868 e. The summed E-state index contributed by atoms with van der Waals surface area (Å²) >= 11 is 0. The lowest BCUT2D eigenvalue weighted by Crippen LogP contribution is -2.49. The van der Waals surface area contributed by atoms with Crippen LogP contribution in [-0.4, -0.2) is 35.2 Å². The van der Waals surface area contributed by atoms with Crippen LogP contribution in [-0.2, 0) is 13.0 Å². The minimum atomic E-state index is -0.335. The molecule has 122 valence electrons. The van der Waals surface area contributed by atoms with E-state index in [-0.39, 0.29) is 12.1 Å². The van der Waals surface area contributed by atoms with Crippen molar-refractivity contribution in [2.45, 2.75) is 38.5 Å². The Kier molecular flexibility index (Phi) is 5.31. The molecular weight excluding hydrogens is 284 g/mol. The number of hydrogen-bond donors (Lipinski definition) is 2. The standard InChI is InChI=1S/C20H26N2O/c1-2-16-8-10-18(11-9-16)21-19-12-13-22(15-20(19)23)14-17-6-4-3-5-7-17/h3-11,19-21,23H,2,12-15H2,1H3/t19-,20-/m1/s1. The van der Waals surface area contributed by atoms with E-state index in [1.165, 1.54) is 11.1 Å². The van der Waals surface area contributed by atoms with Crippen molar-refractivity contribution in [1.82, 2.24) is 4.90 Å². The van der Waals surface area contributed by atoms with Crippen LogP contribution in [0.25, 0.3) is 0 Å². The summed E-state index contributed by atoms with van der Waals surface area (Å²) in [4.78, 5) is 2.33. The second kappa shape index (κ2) is 7.62. The molecule has 0 aliphatic carbocycles. The molecule has 0 bridgehead atoms. The first-order valence-electron chi connectivity index (χ1n) is 8.54. The van der Waals surface area contributed by atoms with E-state index >= 15 is 0 Å². The SMILES string of the molecule is CCc1ccc(N[C@@H]2CCN(Cc3ccccc3)C[C@H]2O)cc1. The zero-order chi connectivity index (χ0) is 16.1. The van der Waals surface area contributed by atoms with Crippen LogP contribution in [0.4, 0.5) is 5.69 Å². The lowest BCUT2D eigenvalue weighted by Gasteiger charge is -2.36. The highest BCUT2D eigenvalue weighted by molar-refractivity contribution is 5.45. The van der Waals surface area contributed by atoms with Crippen LogP contribution in [0.15, 0.2) is 54.6 Å². The molecule has 2 aromatic rings. The van der Waals surface area contributed by atoms with E-state index in [2.05, 4.69) is 65.7 Å². The van der Waals surface area contributed by atoms with Gasteiger partial charge < -0.3 is 10.4 Å². The molecule has 1 aliphatic rings. The van der Waals surface area contributed by atoms with E-state index in [1.54, 1.807) is 0 Å². The number of rotatable bonds is 5. The number of nitrogens with one attached hydrogen (secondary N) is 1. The zero-order valence-corrected chi connectivity index (χ0v) is 13.8. The summed E-state index contributed by atoms with van der Waals surface area (Å²) < 4.78 is 0. The first kappa shape index (κ1) is 16.0. The number of aliphatic hydroxyl groups excluding tert-OH is 1. The normalized spacial score (nSPS) is 22.0. The quantitative estimate of drug-likeness (QED) is 0.889. The van der Waals surface area contributed by atoms with Gasteiger partial charge in [0.2, 0.25) is 0 Å². The van der Waals surface area contributed by atoms with Crippen molar-refractivity contribution >= 4 is 5.69 Å². The number of benzene rings is 2. The molecule has 1 aliphatic heterocycles.